The predicted molar refractivity (Wildman–Crippen MR) is 70.8 cm³/mol. The quantitative estimate of drug-likeness (QED) is 0.765. The van der Waals surface area contributed by atoms with E-state index in [0.717, 1.165) is 5.69 Å². The second-order valence-electron chi connectivity index (χ2n) is 4.01. The first-order chi connectivity index (χ1) is 8.18. The smallest absolute Gasteiger partial charge is 0.227 e. The molecule has 0 unspecified atom stereocenters. The van der Waals surface area contributed by atoms with E-state index in [1.165, 1.54) is 11.1 Å². The highest BCUT2D eigenvalue weighted by Gasteiger charge is 2.00. The molecule has 0 aliphatic carbocycles. The summed E-state index contributed by atoms with van der Waals surface area (Å²) in [6.45, 7) is 3.63. The van der Waals surface area contributed by atoms with Gasteiger partial charge in [-0.3, -0.25) is 9.36 Å². The zero-order valence-electron chi connectivity index (χ0n) is 10.1. The molecule has 1 aromatic carbocycles. The van der Waals surface area contributed by atoms with Crippen molar-refractivity contribution in [2.75, 3.05) is 0 Å². The van der Waals surface area contributed by atoms with Crippen molar-refractivity contribution < 1.29 is 4.79 Å². The molecule has 0 atom stereocenters. The number of aryl methyl sites for hydroxylation is 1. The van der Waals surface area contributed by atoms with Crippen molar-refractivity contribution in [3.63, 3.8) is 0 Å². The zero-order chi connectivity index (χ0) is 12.3. The third-order valence-corrected chi connectivity index (χ3v) is 2.74. The number of aromatic nitrogens is 1. The number of benzene rings is 1. The molecule has 0 bridgehead atoms. The molecule has 0 aliphatic heterocycles. The second-order valence-corrected chi connectivity index (χ2v) is 4.01. The fourth-order valence-electron chi connectivity index (χ4n) is 1.77. The average molecular weight is 225 g/mol. The molecule has 0 radical (unpaired) electrons. The van der Waals surface area contributed by atoms with E-state index in [4.69, 9.17) is 0 Å². The average Bonchev–Trinajstić information content (AvgIpc) is 2.76. The Balaban J connectivity index is 2.30. The lowest BCUT2D eigenvalue weighted by Gasteiger charge is -2.01. The zero-order valence-corrected chi connectivity index (χ0v) is 10.1. The standard InChI is InChI=1S/C15H15NO/c1-12-6-3-4-7-14(12)9-10-15-8-5-11-16(15)13(2)17/h3-11H,1-2H3. The minimum Gasteiger partial charge on any atom is -0.288 e. The third-order valence-electron chi connectivity index (χ3n) is 2.74. The normalized spacial score (nSPS) is 10.9. The number of nitrogens with zero attached hydrogens (tertiary/aromatic N) is 1. The molecule has 2 aromatic rings. The highest BCUT2D eigenvalue weighted by atomic mass is 16.1. The Labute approximate surface area is 101 Å². The molecule has 0 amide bonds. The highest BCUT2D eigenvalue weighted by Crippen LogP contribution is 2.12. The molecule has 2 heteroatoms. The van der Waals surface area contributed by atoms with Gasteiger partial charge in [0.05, 0.1) is 0 Å². The Kier molecular flexibility index (Phi) is 3.24. The van der Waals surface area contributed by atoms with E-state index in [1.807, 2.05) is 36.4 Å². The fraction of sp³-hybridized carbons (Fsp3) is 0.133. The highest BCUT2D eigenvalue weighted by molar-refractivity contribution is 5.81. The summed E-state index contributed by atoms with van der Waals surface area (Å²) < 4.78 is 1.63. The van der Waals surface area contributed by atoms with E-state index >= 15 is 0 Å². The summed E-state index contributed by atoms with van der Waals surface area (Å²) in [6, 6.07) is 12.0. The van der Waals surface area contributed by atoms with E-state index < -0.39 is 0 Å². The van der Waals surface area contributed by atoms with Crippen LogP contribution >= 0.6 is 0 Å². The molecule has 0 fully saturated rings. The Hall–Kier alpha value is -2.09. The first kappa shape index (κ1) is 11.4. The van der Waals surface area contributed by atoms with Crippen LogP contribution in [0, 0.1) is 6.92 Å². The number of carbonyl (C=O) groups is 1. The summed E-state index contributed by atoms with van der Waals surface area (Å²) in [6.07, 6.45) is 5.77. The number of rotatable bonds is 2. The van der Waals surface area contributed by atoms with Gasteiger partial charge < -0.3 is 0 Å². The first-order valence-electron chi connectivity index (χ1n) is 5.60. The van der Waals surface area contributed by atoms with Crippen LogP contribution in [0.5, 0.6) is 0 Å². The molecule has 0 spiro atoms. The SMILES string of the molecule is CC(=O)n1cccc1C=Cc1ccccc1C. The van der Waals surface area contributed by atoms with Crippen LogP contribution in [-0.2, 0) is 0 Å². The monoisotopic (exact) mass is 225 g/mol. The van der Waals surface area contributed by atoms with E-state index in [1.54, 1.807) is 17.7 Å². The van der Waals surface area contributed by atoms with E-state index in [9.17, 15) is 4.79 Å². The van der Waals surface area contributed by atoms with Crippen LogP contribution in [0.1, 0.15) is 28.5 Å². The Morgan fingerprint density at radius 3 is 2.59 bits per heavy atom. The molecule has 0 saturated carbocycles. The summed E-state index contributed by atoms with van der Waals surface area (Å²) in [5, 5.41) is 0. The lowest BCUT2D eigenvalue weighted by Crippen LogP contribution is -2.05. The van der Waals surface area contributed by atoms with E-state index in [-0.39, 0.29) is 5.91 Å². The largest absolute Gasteiger partial charge is 0.288 e. The van der Waals surface area contributed by atoms with Crippen LogP contribution in [0.4, 0.5) is 0 Å². The van der Waals surface area contributed by atoms with Crippen molar-refractivity contribution in [3.8, 4) is 0 Å². The van der Waals surface area contributed by atoms with Crippen LogP contribution in [0.15, 0.2) is 42.6 Å². The molecule has 0 aliphatic rings. The van der Waals surface area contributed by atoms with Crippen molar-refractivity contribution in [2.24, 2.45) is 0 Å². The van der Waals surface area contributed by atoms with Crippen LogP contribution in [0.3, 0.4) is 0 Å². The van der Waals surface area contributed by atoms with Gasteiger partial charge in [-0.1, -0.05) is 30.3 Å². The molecule has 17 heavy (non-hydrogen) atoms. The van der Waals surface area contributed by atoms with Crippen LogP contribution in [0.25, 0.3) is 12.2 Å². The summed E-state index contributed by atoms with van der Waals surface area (Å²) >= 11 is 0. The van der Waals surface area contributed by atoms with E-state index in [2.05, 4.69) is 19.1 Å². The van der Waals surface area contributed by atoms with Crippen LogP contribution in [-0.4, -0.2) is 10.5 Å². The van der Waals surface area contributed by atoms with Crippen molar-refractivity contribution in [3.05, 3.63) is 59.4 Å². The maximum atomic E-state index is 11.3. The van der Waals surface area contributed by atoms with Gasteiger partial charge >= 0.3 is 0 Å². The minimum atomic E-state index is 0.0273. The number of carbonyl (C=O) groups excluding carboxylic acids is 1. The van der Waals surface area contributed by atoms with Crippen molar-refractivity contribution in [1.29, 1.82) is 0 Å². The van der Waals surface area contributed by atoms with Gasteiger partial charge in [0.25, 0.3) is 0 Å². The molecule has 1 heterocycles. The Bertz CT molecular complexity index is 564. The predicted octanol–water partition coefficient (Wildman–Crippen LogP) is 3.63. The molecule has 1 aromatic heterocycles. The maximum absolute atomic E-state index is 11.3. The lowest BCUT2D eigenvalue weighted by atomic mass is 10.1. The maximum Gasteiger partial charge on any atom is 0.227 e. The summed E-state index contributed by atoms with van der Waals surface area (Å²) in [7, 11) is 0. The van der Waals surface area contributed by atoms with Crippen molar-refractivity contribution in [2.45, 2.75) is 13.8 Å². The van der Waals surface area contributed by atoms with Gasteiger partial charge in [0.15, 0.2) is 0 Å². The molecule has 0 N–H and O–H groups in total. The van der Waals surface area contributed by atoms with Crippen LogP contribution < -0.4 is 0 Å². The van der Waals surface area contributed by atoms with Gasteiger partial charge in [-0.25, -0.2) is 0 Å². The summed E-state index contributed by atoms with van der Waals surface area (Å²) in [5.74, 6) is 0.0273. The Morgan fingerprint density at radius 2 is 1.88 bits per heavy atom. The minimum absolute atomic E-state index is 0.0273. The first-order valence-corrected chi connectivity index (χ1v) is 5.60. The van der Waals surface area contributed by atoms with Gasteiger partial charge in [0.1, 0.15) is 0 Å². The van der Waals surface area contributed by atoms with Crippen molar-refractivity contribution >= 4 is 18.1 Å². The molecular weight excluding hydrogens is 210 g/mol. The Morgan fingerprint density at radius 1 is 1.12 bits per heavy atom. The van der Waals surface area contributed by atoms with Gasteiger partial charge in [0, 0.05) is 18.8 Å². The second kappa shape index (κ2) is 4.83. The molecule has 2 nitrogen and oxygen atoms in total. The summed E-state index contributed by atoms with van der Waals surface area (Å²) in [4.78, 5) is 11.3. The topological polar surface area (TPSA) is 22.0 Å². The van der Waals surface area contributed by atoms with Crippen molar-refractivity contribution in [1.82, 2.24) is 4.57 Å². The molecular formula is C15H15NO. The third kappa shape index (κ3) is 2.53. The summed E-state index contributed by atoms with van der Waals surface area (Å²) in [5.41, 5.74) is 3.30. The number of hydrogen-bond donors (Lipinski definition) is 0. The molecule has 86 valence electrons. The van der Waals surface area contributed by atoms with Gasteiger partial charge in [-0.2, -0.15) is 0 Å². The van der Waals surface area contributed by atoms with Gasteiger partial charge in [-0.05, 0) is 36.3 Å². The van der Waals surface area contributed by atoms with Gasteiger partial charge in [-0.15, -0.1) is 0 Å². The molecule has 0 saturated heterocycles. The number of hydrogen-bond acceptors (Lipinski definition) is 1. The lowest BCUT2D eigenvalue weighted by molar-refractivity contribution is 0.0936. The van der Waals surface area contributed by atoms with Crippen LogP contribution in [0.2, 0.25) is 0 Å². The molecule has 2 rings (SSSR count). The fourth-order valence-corrected chi connectivity index (χ4v) is 1.77. The van der Waals surface area contributed by atoms with Gasteiger partial charge in [0.2, 0.25) is 5.91 Å². The van der Waals surface area contributed by atoms with E-state index in [0.29, 0.717) is 0 Å².